The van der Waals surface area contributed by atoms with Crippen molar-refractivity contribution >= 4 is 6.03 Å². The van der Waals surface area contributed by atoms with Gasteiger partial charge in [-0.1, -0.05) is 12.8 Å². The highest BCUT2D eigenvalue weighted by Crippen LogP contribution is 2.30. The number of hydrogen-bond donors (Lipinski definition) is 1. The predicted molar refractivity (Wildman–Crippen MR) is 74.7 cm³/mol. The summed E-state index contributed by atoms with van der Waals surface area (Å²) in [6.45, 7) is 4.42. The van der Waals surface area contributed by atoms with Gasteiger partial charge in [0.15, 0.2) is 0 Å². The minimum Gasteiger partial charge on any atom is -0.378 e. The van der Waals surface area contributed by atoms with Crippen LogP contribution >= 0.6 is 0 Å². The Kier molecular flexibility index (Phi) is 5.09. The number of nitrogens with zero attached hydrogens (tertiary/aromatic N) is 1. The fraction of sp³-hybridized carbons (Fsp3) is 0.800. The maximum absolute atomic E-state index is 12.0. The van der Waals surface area contributed by atoms with Gasteiger partial charge in [0, 0.05) is 19.7 Å². The number of hydrogen-bond acceptors (Lipinski definition) is 2. The van der Waals surface area contributed by atoms with Gasteiger partial charge in [0.25, 0.3) is 0 Å². The summed E-state index contributed by atoms with van der Waals surface area (Å²) >= 11 is 0. The summed E-state index contributed by atoms with van der Waals surface area (Å²) in [5.41, 5.74) is 0. The molecular weight excluding hydrogens is 240 g/mol. The van der Waals surface area contributed by atoms with Crippen molar-refractivity contribution in [2.24, 2.45) is 5.92 Å². The molecule has 4 nitrogen and oxygen atoms in total. The van der Waals surface area contributed by atoms with Crippen LogP contribution in [0.2, 0.25) is 0 Å². The molecule has 2 rings (SSSR count). The van der Waals surface area contributed by atoms with E-state index in [9.17, 15) is 4.79 Å². The summed E-state index contributed by atoms with van der Waals surface area (Å²) in [6, 6.07) is -0.193. The van der Waals surface area contributed by atoms with E-state index in [1.807, 2.05) is 11.8 Å². The molecule has 0 aromatic rings. The quantitative estimate of drug-likeness (QED) is 0.772. The van der Waals surface area contributed by atoms with Gasteiger partial charge in [0.05, 0.1) is 12.1 Å². The number of terminal acetylenes is 1. The van der Waals surface area contributed by atoms with E-state index in [1.165, 1.54) is 12.8 Å². The van der Waals surface area contributed by atoms with E-state index in [4.69, 9.17) is 11.2 Å². The van der Waals surface area contributed by atoms with Crippen LogP contribution in [-0.4, -0.2) is 42.8 Å². The number of carbonyl (C=O) groups is 1. The van der Waals surface area contributed by atoms with E-state index in [0.29, 0.717) is 6.10 Å². The van der Waals surface area contributed by atoms with Crippen molar-refractivity contribution < 1.29 is 9.53 Å². The lowest BCUT2D eigenvalue weighted by Gasteiger charge is -2.32. The second kappa shape index (κ2) is 6.81. The Bertz CT molecular complexity index is 339. The topological polar surface area (TPSA) is 41.6 Å². The molecule has 0 spiro atoms. The molecule has 0 radical (unpaired) electrons. The van der Waals surface area contributed by atoms with Gasteiger partial charge in [-0.25, -0.2) is 4.79 Å². The van der Waals surface area contributed by atoms with Crippen LogP contribution in [0.25, 0.3) is 0 Å². The van der Waals surface area contributed by atoms with Crippen LogP contribution in [-0.2, 0) is 4.74 Å². The zero-order valence-corrected chi connectivity index (χ0v) is 11.7. The Morgan fingerprint density at radius 3 is 2.63 bits per heavy atom. The molecule has 1 saturated heterocycles. The molecule has 1 aliphatic heterocycles. The van der Waals surface area contributed by atoms with Crippen molar-refractivity contribution in [2.75, 3.05) is 19.7 Å². The second-order valence-electron chi connectivity index (χ2n) is 5.54. The predicted octanol–water partition coefficient (Wildman–Crippen LogP) is 2.00. The van der Waals surface area contributed by atoms with Gasteiger partial charge < -0.3 is 15.0 Å². The first-order valence-corrected chi connectivity index (χ1v) is 7.36. The number of urea groups is 1. The van der Waals surface area contributed by atoms with Gasteiger partial charge in [-0.2, -0.15) is 0 Å². The first kappa shape index (κ1) is 14.2. The lowest BCUT2D eigenvalue weighted by atomic mass is 10.1. The van der Waals surface area contributed by atoms with E-state index in [-0.39, 0.29) is 12.1 Å². The minimum atomic E-state index is -0.156. The first-order valence-electron chi connectivity index (χ1n) is 7.36. The van der Waals surface area contributed by atoms with Crippen LogP contribution in [0.3, 0.4) is 0 Å². The average Bonchev–Trinajstić information content (AvgIpc) is 3.27. The Labute approximate surface area is 115 Å². The number of piperidine rings is 1. The molecule has 0 aromatic heterocycles. The molecule has 1 aliphatic carbocycles. The van der Waals surface area contributed by atoms with Gasteiger partial charge in [0.2, 0.25) is 0 Å². The van der Waals surface area contributed by atoms with Crippen molar-refractivity contribution in [3.05, 3.63) is 0 Å². The average molecular weight is 264 g/mol. The number of likely N-dealkylation sites (tertiary alicyclic amines) is 1. The summed E-state index contributed by atoms with van der Waals surface area (Å²) in [4.78, 5) is 13.8. The third kappa shape index (κ3) is 4.43. The van der Waals surface area contributed by atoms with Crippen LogP contribution in [0, 0.1) is 18.3 Å². The van der Waals surface area contributed by atoms with Crippen molar-refractivity contribution in [3.8, 4) is 12.3 Å². The van der Waals surface area contributed by atoms with Crippen LogP contribution in [0.15, 0.2) is 0 Å². The number of rotatable bonds is 5. The fourth-order valence-electron chi connectivity index (χ4n) is 2.28. The maximum atomic E-state index is 12.0. The Morgan fingerprint density at radius 2 is 2.11 bits per heavy atom. The zero-order valence-electron chi connectivity index (χ0n) is 11.7. The molecule has 1 atom stereocenters. The largest absolute Gasteiger partial charge is 0.378 e. The summed E-state index contributed by atoms with van der Waals surface area (Å²) in [5.74, 6) is 3.39. The van der Waals surface area contributed by atoms with Crippen molar-refractivity contribution in [1.82, 2.24) is 10.2 Å². The minimum absolute atomic E-state index is 0.0366. The molecule has 1 saturated carbocycles. The van der Waals surface area contributed by atoms with Crippen LogP contribution in [0.5, 0.6) is 0 Å². The molecule has 19 heavy (non-hydrogen) atoms. The number of nitrogens with one attached hydrogen (secondary N) is 1. The summed E-state index contributed by atoms with van der Waals surface area (Å²) in [5, 5.41) is 2.87. The van der Waals surface area contributed by atoms with Gasteiger partial charge in [-0.05, 0) is 38.0 Å². The van der Waals surface area contributed by atoms with E-state index in [0.717, 1.165) is 44.9 Å². The van der Waals surface area contributed by atoms with E-state index < -0.39 is 0 Å². The highest BCUT2D eigenvalue weighted by molar-refractivity contribution is 5.75. The summed E-state index contributed by atoms with van der Waals surface area (Å²) in [6.07, 6.45) is 11.0. The molecule has 1 heterocycles. The van der Waals surface area contributed by atoms with Crippen LogP contribution < -0.4 is 5.32 Å². The van der Waals surface area contributed by atoms with Gasteiger partial charge in [-0.3, -0.25) is 0 Å². The van der Waals surface area contributed by atoms with Crippen molar-refractivity contribution in [1.29, 1.82) is 0 Å². The van der Waals surface area contributed by atoms with Crippen molar-refractivity contribution in [3.63, 3.8) is 0 Å². The molecule has 0 unspecified atom stereocenters. The van der Waals surface area contributed by atoms with Gasteiger partial charge in [0.1, 0.15) is 0 Å². The van der Waals surface area contributed by atoms with Crippen LogP contribution in [0.1, 0.15) is 39.0 Å². The SMILES string of the molecule is C#C[C@H](CC)NC(=O)N1CCC(OCC2CC2)CC1. The number of amides is 2. The molecule has 2 amide bonds. The molecule has 0 bridgehead atoms. The third-order valence-electron chi connectivity index (χ3n) is 3.90. The molecule has 4 heteroatoms. The Morgan fingerprint density at radius 1 is 1.42 bits per heavy atom. The molecular formula is C15H24N2O2. The van der Waals surface area contributed by atoms with E-state index in [1.54, 1.807) is 0 Å². The first-order chi connectivity index (χ1) is 9.22. The highest BCUT2D eigenvalue weighted by Gasteiger charge is 2.27. The number of ether oxygens (including phenoxy) is 1. The van der Waals surface area contributed by atoms with Crippen molar-refractivity contribution in [2.45, 2.75) is 51.2 Å². The molecule has 106 valence electrons. The highest BCUT2D eigenvalue weighted by atomic mass is 16.5. The van der Waals surface area contributed by atoms with Crippen LogP contribution in [0.4, 0.5) is 4.79 Å². The maximum Gasteiger partial charge on any atom is 0.318 e. The lowest BCUT2D eigenvalue weighted by Crippen LogP contribution is -2.48. The second-order valence-corrected chi connectivity index (χ2v) is 5.54. The summed E-state index contributed by atoms with van der Waals surface area (Å²) < 4.78 is 5.87. The van der Waals surface area contributed by atoms with E-state index in [2.05, 4.69) is 11.2 Å². The monoisotopic (exact) mass is 264 g/mol. The smallest absolute Gasteiger partial charge is 0.318 e. The molecule has 2 fully saturated rings. The lowest BCUT2D eigenvalue weighted by molar-refractivity contribution is 0.00939. The Balaban J connectivity index is 1.66. The standard InChI is InChI=1S/C15H24N2O2/c1-3-13(4-2)16-15(18)17-9-7-14(8-10-17)19-11-12-5-6-12/h1,12-14H,4-11H2,2H3,(H,16,18)/t13-/m1/s1. The molecule has 1 N–H and O–H groups in total. The summed E-state index contributed by atoms with van der Waals surface area (Å²) in [7, 11) is 0. The van der Waals surface area contributed by atoms with Gasteiger partial charge in [-0.15, -0.1) is 6.42 Å². The van der Waals surface area contributed by atoms with E-state index >= 15 is 0 Å². The normalized spacial score (nSPS) is 21.8. The van der Waals surface area contributed by atoms with Gasteiger partial charge >= 0.3 is 6.03 Å². The molecule has 2 aliphatic rings. The fourth-order valence-corrected chi connectivity index (χ4v) is 2.28. The number of carbonyl (C=O) groups excluding carboxylic acids is 1. The Hall–Kier alpha value is -1.21. The molecule has 0 aromatic carbocycles. The zero-order chi connectivity index (χ0) is 13.7. The third-order valence-corrected chi connectivity index (χ3v) is 3.90.